The van der Waals surface area contributed by atoms with Gasteiger partial charge >= 0.3 is 5.69 Å². The first-order chi connectivity index (χ1) is 10.1. The maximum atomic E-state index is 11.9. The van der Waals surface area contributed by atoms with Crippen molar-refractivity contribution >= 4 is 0 Å². The molecule has 1 aliphatic heterocycles. The number of H-pyrrole nitrogens is 1. The Bertz CT molecular complexity index is 660. The van der Waals surface area contributed by atoms with Gasteiger partial charge in [0.2, 0.25) is 0 Å². The van der Waals surface area contributed by atoms with E-state index >= 15 is 0 Å². The van der Waals surface area contributed by atoms with Crippen molar-refractivity contribution in [2.45, 2.75) is 44.6 Å². The molecule has 0 aromatic carbocycles. The standard InChI is InChI=1S/C12H18N6O3/c1-2-3-7-6-18(12(20)15-11(7)19)10-4-8(16-17-14)9(5-13)21-10/h6,8-10H,2-5,13H2,1H3,(H,15,19,20)/t8-,9+,10+/m0/s1. The van der Waals surface area contributed by atoms with Crippen LogP contribution in [-0.4, -0.2) is 28.2 Å². The number of azide groups is 1. The second-order valence-electron chi connectivity index (χ2n) is 4.94. The number of rotatable bonds is 5. The number of aryl methyl sites for hydroxylation is 1. The molecular formula is C12H18N6O3. The number of nitrogens with two attached hydrogens (primary N) is 1. The highest BCUT2D eigenvalue weighted by Gasteiger charge is 2.35. The van der Waals surface area contributed by atoms with Crippen LogP contribution in [0.1, 0.15) is 31.6 Å². The van der Waals surface area contributed by atoms with Gasteiger partial charge in [-0.3, -0.25) is 14.3 Å². The van der Waals surface area contributed by atoms with Crippen LogP contribution < -0.4 is 17.0 Å². The second-order valence-corrected chi connectivity index (χ2v) is 4.94. The molecule has 2 heterocycles. The lowest BCUT2D eigenvalue weighted by molar-refractivity contribution is 0.00154. The van der Waals surface area contributed by atoms with E-state index < -0.39 is 24.1 Å². The zero-order valence-corrected chi connectivity index (χ0v) is 11.7. The quantitative estimate of drug-likeness (QED) is 0.461. The van der Waals surface area contributed by atoms with Gasteiger partial charge < -0.3 is 10.5 Å². The molecule has 1 aliphatic rings. The maximum Gasteiger partial charge on any atom is 0.330 e. The first kappa shape index (κ1) is 15.3. The molecule has 1 aromatic rings. The lowest BCUT2D eigenvalue weighted by Crippen LogP contribution is -2.34. The van der Waals surface area contributed by atoms with Gasteiger partial charge in [0.05, 0.1) is 12.1 Å². The van der Waals surface area contributed by atoms with Gasteiger partial charge in [-0.15, -0.1) is 0 Å². The van der Waals surface area contributed by atoms with Crippen LogP contribution in [0.15, 0.2) is 20.9 Å². The molecule has 1 fully saturated rings. The summed E-state index contributed by atoms with van der Waals surface area (Å²) in [5.41, 5.74) is 13.7. The summed E-state index contributed by atoms with van der Waals surface area (Å²) in [4.78, 5) is 28.7. The van der Waals surface area contributed by atoms with Crippen LogP contribution in [0.3, 0.4) is 0 Å². The number of nitrogens with zero attached hydrogens (tertiary/aromatic N) is 4. The Morgan fingerprint density at radius 3 is 3.00 bits per heavy atom. The van der Waals surface area contributed by atoms with Crippen molar-refractivity contribution in [2.24, 2.45) is 10.8 Å². The normalized spacial score (nSPS) is 24.8. The smallest absolute Gasteiger partial charge is 0.330 e. The van der Waals surface area contributed by atoms with Crippen LogP contribution in [0, 0.1) is 0 Å². The summed E-state index contributed by atoms with van der Waals surface area (Å²) in [5, 5.41) is 3.65. The van der Waals surface area contributed by atoms with Crippen LogP contribution in [-0.2, 0) is 11.2 Å². The molecule has 3 N–H and O–H groups in total. The van der Waals surface area contributed by atoms with Gasteiger partial charge in [0.25, 0.3) is 5.56 Å². The van der Waals surface area contributed by atoms with Crippen LogP contribution in [0.4, 0.5) is 0 Å². The van der Waals surface area contributed by atoms with Crippen LogP contribution in [0.2, 0.25) is 0 Å². The third-order valence-electron chi connectivity index (χ3n) is 3.51. The molecule has 3 atom stereocenters. The molecule has 0 spiro atoms. The molecule has 0 unspecified atom stereocenters. The number of ether oxygens (including phenoxy) is 1. The van der Waals surface area contributed by atoms with Crippen LogP contribution in [0.5, 0.6) is 0 Å². The first-order valence-electron chi connectivity index (χ1n) is 6.84. The third-order valence-corrected chi connectivity index (χ3v) is 3.51. The minimum atomic E-state index is -0.589. The first-order valence-corrected chi connectivity index (χ1v) is 6.84. The molecule has 0 amide bonds. The topological polar surface area (TPSA) is 139 Å². The van der Waals surface area contributed by atoms with E-state index in [9.17, 15) is 9.59 Å². The van der Waals surface area contributed by atoms with Gasteiger partial charge in [-0.1, -0.05) is 18.5 Å². The summed E-state index contributed by atoms with van der Waals surface area (Å²) >= 11 is 0. The Hall–Kier alpha value is -2.09. The van der Waals surface area contributed by atoms with Crippen molar-refractivity contribution in [1.29, 1.82) is 0 Å². The molecule has 114 valence electrons. The van der Waals surface area contributed by atoms with Gasteiger partial charge in [-0.05, 0) is 12.0 Å². The van der Waals surface area contributed by atoms with Gasteiger partial charge in [0.1, 0.15) is 6.23 Å². The average molecular weight is 294 g/mol. The van der Waals surface area contributed by atoms with Crippen LogP contribution in [0.25, 0.3) is 10.4 Å². The SMILES string of the molecule is CCCc1cn([C@H]2C[C@H](N=[N+]=[N-])[C@@H](CN)O2)c(=O)[nH]c1=O. The van der Waals surface area contributed by atoms with E-state index in [1.165, 1.54) is 10.8 Å². The van der Waals surface area contributed by atoms with Crippen molar-refractivity contribution in [2.75, 3.05) is 6.54 Å². The summed E-state index contributed by atoms with van der Waals surface area (Å²) in [7, 11) is 0. The molecule has 1 aromatic heterocycles. The fourth-order valence-corrected chi connectivity index (χ4v) is 2.47. The lowest BCUT2D eigenvalue weighted by Gasteiger charge is -2.15. The van der Waals surface area contributed by atoms with E-state index in [2.05, 4.69) is 15.0 Å². The Morgan fingerprint density at radius 2 is 2.38 bits per heavy atom. The number of aromatic amines is 1. The Morgan fingerprint density at radius 1 is 1.62 bits per heavy atom. The van der Waals surface area contributed by atoms with Gasteiger partial charge in [0, 0.05) is 29.6 Å². The molecule has 0 saturated carbocycles. The minimum absolute atomic E-state index is 0.195. The number of hydrogen-bond acceptors (Lipinski definition) is 5. The fraction of sp³-hybridized carbons (Fsp3) is 0.667. The summed E-state index contributed by atoms with van der Waals surface area (Å²) < 4.78 is 7.00. The molecular weight excluding hydrogens is 276 g/mol. The highest BCUT2D eigenvalue weighted by atomic mass is 16.5. The van der Waals surface area contributed by atoms with E-state index in [1.54, 1.807) is 0 Å². The summed E-state index contributed by atoms with van der Waals surface area (Å²) in [5.74, 6) is 0. The van der Waals surface area contributed by atoms with Gasteiger partial charge in [0.15, 0.2) is 0 Å². The molecule has 21 heavy (non-hydrogen) atoms. The highest BCUT2D eigenvalue weighted by molar-refractivity contribution is 5.05. The zero-order valence-electron chi connectivity index (χ0n) is 11.7. The predicted octanol–water partition coefficient (Wildman–Crippen LogP) is 0.414. The lowest BCUT2D eigenvalue weighted by atomic mass is 10.1. The van der Waals surface area contributed by atoms with Crippen molar-refractivity contribution in [3.63, 3.8) is 0 Å². The monoisotopic (exact) mass is 294 g/mol. The highest BCUT2D eigenvalue weighted by Crippen LogP contribution is 2.29. The molecule has 0 aliphatic carbocycles. The summed E-state index contributed by atoms with van der Waals surface area (Å²) in [6, 6.07) is -0.418. The van der Waals surface area contributed by atoms with E-state index in [4.69, 9.17) is 16.0 Å². The number of aromatic nitrogens is 2. The fourth-order valence-electron chi connectivity index (χ4n) is 2.47. The Kier molecular flexibility index (Phi) is 4.79. The molecule has 9 heteroatoms. The third kappa shape index (κ3) is 3.15. The maximum absolute atomic E-state index is 11.9. The predicted molar refractivity (Wildman–Crippen MR) is 75.8 cm³/mol. The molecule has 9 nitrogen and oxygen atoms in total. The Labute approximate surface area is 120 Å². The number of hydrogen-bond donors (Lipinski definition) is 2. The van der Waals surface area contributed by atoms with Crippen molar-refractivity contribution < 1.29 is 4.74 Å². The summed E-state index contributed by atoms with van der Waals surface area (Å²) in [6.07, 6.45) is 2.21. The van der Waals surface area contributed by atoms with E-state index in [0.717, 1.165) is 6.42 Å². The average Bonchev–Trinajstić information content (AvgIpc) is 2.85. The van der Waals surface area contributed by atoms with Gasteiger partial charge in [-0.2, -0.15) is 0 Å². The molecule has 2 rings (SSSR count). The van der Waals surface area contributed by atoms with Crippen molar-refractivity contribution in [3.05, 3.63) is 43.0 Å². The van der Waals surface area contributed by atoms with Crippen molar-refractivity contribution in [1.82, 2.24) is 9.55 Å². The minimum Gasteiger partial charge on any atom is -0.353 e. The second kappa shape index (κ2) is 6.57. The van der Waals surface area contributed by atoms with Crippen molar-refractivity contribution in [3.8, 4) is 0 Å². The summed E-state index contributed by atoms with van der Waals surface area (Å²) in [6.45, 7) is 2.14. The van der Waals surface area contributed by atoms with E-state index in [0.29, 0.717) is 18.4 Å². The molecule has 1 saturated heterocycles. The zero-order chi connectivity index (χ0) is 15.4. The Balaban J connectivity index is 2.34. The van der Waals surface area contributed by atoms with Gasteiger partial charge in [-0.25, -0.2) is 4.79 Å². The van der Waals surface area contributed by atoms with Crippen LogP contribution >= 0.6 is 0 Å². The van der Waals surface area contributed by atoms with E-state index in [-0.39, 0.29) is 12.1 Å². The molecule has 0 radical (unpaired) electrons. The van der Waals surface area contributed by atoms with E-state index in [1.807, 2.05) is 6.92 Å². The molecule has 0 bridgehead atoms. The largest absolute Gasteiger partial charge is 0.353 e. The number of nitrogens with one attached hydrogen (secondary N) is 1.